The minimum atomic E-state index is -3.74. The van der Waals surface area contributed by atoms with Gasteiger partial charge in [0.1, 0.15) is 11.4 Å². The van der Waals surface area contributed by atoms with Crippen LogP contribution in [-0.4, -0.2) is 36.8 Å². The van der Waals surface area contributed by atoms with Crippen LogP contribution >= 0.6 is 0 Å². The average Bonchev–Trinajstić information content (AvgIpc) is 2.34. The van der Waals surface area contributed by atoms with Gasteiger partial charge in [-0.1, -0.05) is 0 Å². The molecule has 7 nitrogen and oxygen atoms in total. The highest BCUT2D eigenvalue weighted by atomic mass is 32.2. The molecule has 2 N–H and O–H groups in total. The molecule has 0 aromatic carbocycles. The van der Waals surface area contributed by atoms with Gasteiger partial charge < -0.3 is 9.47 Å². The largest absolute Gasteiger partial charge is 0.480 e. The van der Waals surface area contributed by atoms with Crippen molar-refractivity contribution in [1.82, 2.24) is 9.97 Å². The van der Waals surface area contributed by atoms with Gasteiger partial charge in [0.05, 0.1) is 31.3 Å². The lowest BCUT2D eigenvalue weighted by molar-refractivity contribution is 0.00382. The normalized spacial score (nSPS) is 15.3. The molecule has 1 aromatic rings. The number of rotatable bonds is 6. The van der Waals surface area contributed by atoms with E-state index in [1.807, 2.05) is 0 Å². The third-order valence-corrected chi connectivity index (χ3v) is 3.80. The molecule has 1 aromatic heterocycles. The van der Waals surface area contributed by atoms with Gasteiger partial charge in [0.2, 0.25) is 15.9 Å². The van der Waals surface area contributed by atoms with Crippen molar-refractivity contribution in [2.24, 2.45) is 5.14 Å². The minimum Gasteiger partial charge on any atom is -0.480 e. The Bertz CT molecular complexity index is 501. The third-order valence-electron chi connectivity index (χ3n) is 2.51. The zero-order chi connectivity index (χ0) is 14.6. The lowest BCUT2D eigenvalue weighted by atomic mass is 10.2. The fraction of sp³-hybridized carbons (Fsp3) is 0.636. The van der Waals surface area contributed by atoms with Crippen LogP contribution in [0.15, 0.2) is 12.4 Å². The Morgan fingerprint density at radius 3 is 2.21 bits per heavy atom. The maximum absolute atomic E-state index is 11.5. The van der Waals surface area contributed by atoms with Gasteiger partial charge in [0.15, 0.2) is 0 Å². The average molecular weight is 289 g/mol. The Hall–Kier alpha value is -1.25. The number of ether oxygens (including phenoxy) is 2. The van der Waals surface area contributed by atoms with Crippen LogP contribution in [0, 0.1) is 0 Å². The van der Waals surface area contributed by atoms with Crippen LogP contribution in [-0.2, 0) is 14.8 Å². The highest BCUT2D eigenvalue weighted by molar-refractivity contribution is 7.89. The Balaban J connectivity index is 3.08. The number of aromatic nitrogens is 2. The number of primary sulfonamides is 1. The summed E-state index contributed by atoms with van der Waals surface area (Å²) in [6, 6.07) is 0. The summed E-state index contributed by atoms with van der Waals surface area (Å²) >= 11 is 0. The Kier molecular flexibility index (Phi) is 5.21. The van der Waals surface area contributed by atoms with E-state index < -0.39 is 21.4 Å². The first-order valence-corrected chi connectivity index (χ1v) is 7.39. The summed E-state index contributed by atoms with van der Waals surface area (Å²) in [6.45, 7) is 5.09. The predicted octanol–water partition coefficient (Wildman–Crippen LogP) is 0.628. The molecule has 0 radical (unpaired) electrons. The van der Waals surface area contributed by atoms with E-state index in [0.717, 1.165) is 0 Å². The van der Waals surface area contributed by atoms with Crippen molar-refractivity contribution in [2.45, 2.75) is 38.2 Å². The van der Waals surface area contributed by atoms with E-state index in [-0.39, 0.29) is 6.10 Å². The van der Waals surface area contributed by atoms with E-state index in [4.69, 9.17) is 14.6 Å². The summed E-state index contributed by atoms with van der Waals surface area (Å²) in [5.74, 6) is 0.343. The van der Waals surface area contributed by atoms with Gasteiger partial charge in [-0.15, -0.1) is 0 Å². The van der Waals surface area contributed by atoms with E-state index in [1.165, 1.54) is 26.4 Å². The van der Waals surface area contributed by atoms with Gasteiger partial charge >= 0.3 is 0 Å². The van der Waals surface area contributed by atoms with Crippen LogP contribution in [0.1, 0.15) is 32.6 Å². The molecule has 0 spiro atoms. The highest BCUT2D eigenvalue weighted by Crippen LogP contribution is 2.25. The Morgan fingerprint density at radius 2 is 1.84 bits per heavy atom. The Morgan fingerprint density at radius 1 is 1.21 bits per heavy atom. The maximum Gasteiger partial charge on any atom is 0.231 e. The molecule has 0 unspecified atom stereocenters. The van der Waals surface area contributed by atoms with Crippen LogP contribution < -0.4 is 9.88 Å². The summed E-state index contributed by atoms with van der Waals surface area (Å²) in [5.41, 5.74) is 0.399. The summed E-state index contributed by atoms with van der Waals surface area (Å²) in [7, 11) is -2.26. The number of hydrogen-bond acceptors (Lipinski definition) is 6. The second-order valence-corrected chi connectivity index (χ2v) is 6.30. The SMILES string of the molecule is COc1cnc([C@@H](OC(C)C)[C@@H](C)S(N)(=O)=O)cn1. The lowest BCUT2D eigenvalue weighted by Crippen LogP contribution is -2.34. The van der Waals surface area contributed by atoms with Crippen molar-refractivity contribution >= 4 is 10.0 Å². The van der Waals surface area contributed by atoms with Crippen LogP contribution in [0.4, 0.5) is 0 Å². The smallest absolute Gasteiger partial charge is 0.231 e. The van der Waals surface area contributed by atoms with Crippen LogP contribution in [0.5, 0.6) is 5.88 Å². The first-order chi connectivity index (χ1) is 8.75. The summed E-state index contributed by atoms with van der Waals surface area (Å²) in [6.07, 6.45) is 1.89. The van der Waals surface area contributed by atoms with Gasteiger partial charge in [-0.3, -0.25) is 4.98 Å². The molecule has 0 saturated carbocycles. The number of nitrogens with zero attached hydrogens (tertiary/aromatic N) is 2. The van der Waals surface area contributed by atoms with E-state index in [0.29, 0.717) is 11.6 Å². The molecule has 0 aliphatic carbocycles. The lowest BCUT2D eigenvalue weighted by Gasteiger charge is -2.24. The van der Waals surface area contributed by atoms with Crippen LogP contribution in [0.3, 0.4) is 0 Å². The van der Waals surface area contributed by atoms with Gasteiger partial charge in [0.25, 0.3) is 0 Å². The summed E-state index contributed by atoms with van der Waals surface area (Å²) in [5, 5.41) is 4.25. The quantitative estimate of drug-likeness (QED) is 0.823. The topological polar surface area (TPSA) is 104 Å². The molecule has 0 aliphatic heterocycles. The monoisotopic (exact) mass is 289 g/mol. The predicted molar refractivity (Wildman–Crippen MR) is 70.1 cm³/mol. The molecule has 8 heteroatoms. The molecule has 108 valence electrons. The van der Waals surface area contributed by atoms with Crippen molar-refractivity contribution in [2.75, 3.05) is 7.11 Å². The van der Waals surface area contributed by atoms with Gasteiger partial charge in [-0.25, -0.2) is 18.5 Å². The highest BCUT2D eigenvalue weighted by Gasteiger charge is 2.31. The molecule has 1 rings (SSSR count). The van der Waals surface area contributed by atoms with Crippen molar-refractivity contribution in [3.05, 3.63) is 18.1 Å². The first kappa shape index (κ1) is 15.8. The fourth-order valence-electron chi connectivity index (χ4n) is 1.46. The second kappa shape index (κ2) is 6.27. The zero-order valence-electron chi connectivity index (χ0n) is 11.4. The molecular weight excluding hydrogens is 270 g/mol. The van der Waals surface area contributed by atoms with Crippen LogP contribution in [0.2, 0.25) is 0 Å². The molecule has 0 bridgehead atoms. The molecular formula is C11H19N3O4S. The van der Waals surface area contributed by atoms with Crippen molar-refractivity contribution in [3.8, 4) is 5.88 Å². The van der Waals surface area contributed by atoms with E-state index >= 15 is 0 Å². The van der Waals surface area contributed by atoms with E-state index in [2.05, 4.69) is 9.97 Å². The molecule has 0 amide bonds. The number of nitrogens with two attached hydrogens (primary N) is 1. The molecule has 0 aliphatic rings. The maximum atomic E-state index is 11.5. The minimum absolute atomic E-state index is 0.168. The number of sulfonamides is 1. The molecule has 0 fully saturated rings. The fourth-order valence-corrected chi connectivity index (χ4v) is 2.01. The van der Waals surface area contributed by atoms with Crippen molar-refractivity contribution in [3.63, 3.8) is 0 Å². The molecule has 19 heavy (non-hydrogen) atoms. The second-order valence-electron chi connectivity index (χ2n) is 4.38. The zero-order valence-corrected chi connectivity index (χ0v) is 12.2. The van der Waals surface area contributed by atoms with Gasteiger partial charge in [-0.05, 0) is 20.8 Å². The van der Waals surface area contributed by atoms with E-state index in [1.54, 1.807) is 13.8 Å². The van der Waals surface area contributed by atoms with Crippen LogP contribution in [0.25, 0.3) is 0 Å². The third kappa shape index (κ3) is 4.41. The molecule has 1 heterocycles. The van der Waals surface area contributed by atoms with Gasteiger partial charge in [0, 0.05) is 0 Å². The standard InChI is InChI=1S/C11H19N3O4S/c1-7(2)18-11(8(3)19(12,15)16)9-5-14-10(17-4)6-13-9/h5-8,11H,1-4H3,(H2,12,15,16)/t8-,11+/m1/s1. The van der Waals surface area contributed by atoms with Crippen molar-refractivity contribution in [1.29, 1.82) is 0 Å². The number of methoxy groups -OCH3 is 1. The summed E-state index contributed by atoms with van der Waals surface area (Å²) < 4.78 is 33.4. The number of hydrogen-bond donors (Lipinski definition) is 1. The van der Waals surface area contributed by atoms with Crippen molar-refractivity contribution < 1.29 is 17.9 Å². The summed E-state index contributed by atoms with van der Waals surface area (Å²) in [4.78, 5) is 8.09. The Labute approximate surface area is 113 Å². The van der Waals surface area contributed by atoms with Gasteiger partial charge in [-0.2, -0.15) is 0 Å². The molecule has 0 saturated heterocycles. The first-order valence-electron chi connectivity index (χ1n) is 5.78. The van der Waals surface area contributed by atoms with E-state index in [9.17, 15) is 8.42 Å². The molecule has 2 atom stereocenters.